The quantitative estimate of drug-likeness (QED) is 0.784. The van der Waals surface area contributed by atoms with Gasteiger partial charge < -0.3 is 4.74 Å². The summed E-state index contributed by atoms with van der Waals surface area (Å²) in [5, 5.41) is 7.98. The van der Waals surface area contributed by atoms with Crippen LogP contribution in [0.15, 0.2) is 53.3 Å². The normalized spacial score (nSPS) is 10.4. The van der Waals surface area contributed by atoms with Crippen LogP contribution in [0.3, 0.4) is 0 Å². The molecule has 1 aromatic heterocycles. The second-order valence-electron chi connectivity index (χ2n) is 4.50. The van der Waals surface area contributed by atoms with Crippen LogP contribution in [0.2, 0.25) is 0 Å². The first-order valence-electron chi connectivity index (χ1n) is 6.49. The molecule has 0 spiro atoms. The molecule has 1 amide bonds. The lowest BCUT2D eigenvalue weighted by Gasteiger charge is -2.07. The Morgan fingerprint density at radius 2 is 2.00 bits per heavy atom. The lowest BCUT2D eigenvalue weighted by atomic mass is 10.2. The van der Waals surface area contributed by atoms with Crippen molar-refractivity contribution in [2.24, 2.45) is 0 Å². The van der Waals surface area contributed by atoms with Gasteiger partial charge in [-0.25, -0.2) is 5.43 Å². The summed E-state index contributed by atoms with van der Waals surface area (Å²) in [4.78, 5) is 25.2. The molecule has 0 saturated heterocycles. The number of aromatic nitrogens is 3. The van der Waals surface area contributed by atoms with E-state index in [1.54, 1.807) is 48.5 Å². The van der Waals surface area contributed by atoms with Crippen molar-refractivity contribution in [3.63, 3.8) is 0 Å². The van der Waals surface area contributed by atoms with Crippen LogP contribution in [0.5, 0.6) is 5.75 Å². The summed E-state index contributed by atoms with van der Waals surface area (Å²) in [5.41, 5.74) is 2.78. The molecule has 0 fully saturated rings. The van der Waals surface area contributed by atoms with Crippen molar-refractivity contribution in [1.29, 1.82) is 0 Å². The number of amides is 1. The van der Waals surface area contributed by atoms with Crippen LogP contribution in [0.4, 0.5) is 0 Å². The van der Waals surface area contributed by atoms with Gasteiger partial charge in [-0.2, -0.15) is 0 Å². The molecule has 2 aromatic carbocycles. The highest BCUT2D eigenvalue weighted by atomic mass is 16.5. The van der Waals surface area contributed by atoms with Gasteiger partial charge in [0.2, 0.25) is 0 Å². The summed E-state index contributed by atoms with van der Waals surface area (Å²) in [5.74, 6) is 0.0650. The summed E-state index contributed by atoms with van der Waals surface area (Å²) in [6.45, 7) is 0. The number of hydrogen-bond donors (Lipinski definition) is 1. The van der Waals surface area contributed by atoms with Gasteiger partial charge >= 0.3 is 0 Å². The molecule has 0 aliphatic heterocycles. The van der Waals surface area contributed by atoms with Crippen LogP contribution in [0, 0.1) is 0 Å². The van der Waals surface area contributed by atoms with Crippen molar-refractivity contribution in [3.05, 3.63) is 64.4 Å². The molecule has 1 N–H and O–H groups in total. The van der Waals surface area contributed by atoms with Crippen LogP contribution in [0.1, 0.15) is 10.4 Å². The SMILES string of the molecule is COc1cccc(C(=O)Nn2nnc3ccccc3c2=O)c1. The fraction of sp³-hybridized carbons (Fsp3) is 0.0667. The van der Waals surface area contributed by atoms with E-state index >= 15 is 0 Å². The van der Waals surface area contributed by atoms with Crippen molar-refractivity contribution in [3.8, 4) is 5.75 Å². The highest BCUT2D eigenvalue weighted by Gasteiger charge is 2.10. The van der Waals surface area contributed by atoms with Crippen molar-refractivity contribution >= 4 is 16.8 Å². The molecule has 7 nitrogen and oxygen atoms in total. The molecule has 0 radical (unpaired) electrons. The van der Waals surface area contributed by atoms with Crippen LogP contribution in [0.25, 0.3) is 10.9 Å². The van der Waals surface area contributed by atoms with Crippen molar-refractivity contribution < 1.29 is 9.53 Å². The number of carbonyl (C=O) groups is 1. The first-order chi connectivity index (χ1) is 10.7. The number of benzene rings is 2. The zero-order chi connectivity index (χ0) is 15.5. The van der Waals surface area contributed by atoms with Gasteiger partial charge in [0, 0.05) is 5.56 Å². The zero-order valence-electron chi connectivity index (χ0n) is 11.7. The average Bonchev–Trinajstić information content (AvgIpc) is 2.57. The molecule has 0 unspecified atom stereocenters. The Labute approximate surface area is 125 Å². The maximum absolute atomic E-state index is 12.2. The molecule has 0 aliphatic rings. The molecule has 0 atom stereocenters. The third-order valence-electron chi connectivity index (χ3n) is 3.11. The van der Waals surface area contributed by atoms with E-state index in [1.807, 2.05) is 0 Å². The molecule has 0 saturated carbocycles. The summed E-state index contributed by atoms with van der Waals surface area (Å²) >= 11 is 0. The van der Waals surface area contributed by atoms with E-state index < -0.39 is 11.5 Å². The summed E-state index contributed by atoms with van der Waals surface area (Å²) < 4.78 is 5.06. The first kappa shape index (κ1) is 13.7. The molecule has 3 rings (SSSR count). The lowest BCUT2D eigenvalue weighted by molar-refractivity contribution is 0.100. The number of methoxy groups -OCH3 is 1. The van der Waals surface area contributed by atoms with Gasteiger partial charge in [-0.05, 0) is 35.5 Å². The van der Waals surface area contributed by atoms with E-state index in [0.717, 1.165) is 4.79 Å². The highest BCUT2D eigenvalue weighted by Crippen LogP contribution is 2.12. The van der Waals surface area contributed by atoms with Crippen LogP contribution in [-0.4, -0.2) is 28.1 Å². The molecule has 1 heterocycles. The Morgan fingerprint density at radius 1 is 1.18 bits per heavy atom. The van der Waals surface area contributed by atoms with Crippen LogP contribution >= 0.6 is 0 Å². The Morgan fingerprint density at radius 3 is 2.82 bits per heavy atom. The Hall–Kier alpha value is -3.22. The highest BCUT2D eigenvalue weighted by molar-refractivity contribution is 6.00. The average molecular weight is 296 g/mol. The fourth-order valence-corrected chi connectivity index (χ4v) is 1.99. The smallest absolute Gasteiger partial charge is 0.297 e. The zero-order valence-corrected chi connectivity index (χ0v) is 11.7. The number of carbonyl (C=O) groups excluding carboxylic acids is 1. The largest absolute Gasteiger partial charge is 0.497 e. The Kier molecular flexibility index (Phi) is 3.53. The third kappa shape index (κ3) is 2.51. The molecular weight excluding hydrogens is 284 g/mol. The summed E-state index contributed by atoms with van der Waals surface area (Å²) in [7, 11) is 1.51. The predicted molar refractivity (Wildman–Crippen MR) is 80.5 cm³/mol. The van der Waals surface area contributed by atoms with Crippen molar-refractivity contribution in [1.82, 2.24) is 15.1 Å². The number of fused-ring (bicyclic) bond motifs is 1. The van der Waals surface area contributed by atoms with Crippen molar-refractivity contribution in [2.75, 3.05) is 12.5 Å². The fourth-order valence-electron chi connectivity index (χ4n) is 1.99. The monoisotopic (exact) mass is 296 g/mol. The van der Waals surface area contributed by atoms with Crippen LogP contribution < -0.4 is 15.7 Å². The van der Waals surface area contributed by atoms with Gasteiger partial charge in [0.1, 0.15) is 11.3 Å². The van der Waals surface area contributed by atoms with E-state index in [1.165, 1.54) is 7.11 Å². The second kappa shape index (κ2) is 5.65. The van der Waals surface area contributed by atoms with Gasteiger partial charge in [-0.3, -0.25) is 9.59 Å². The number of hydrogen-bond acceptors (Lipinski definition) is 5. The summed E-state index contributed by atoms with van der Waals surface area (Å²) in [6.07, 6.45) is 0. The Balaban J connectivity index is 1.94. The van der Waals surface area contributed by atoms with Gasteiger partial charge in [0.05, 0.1) is 12.5 Å². The maximum atomic E-state index is 12.2. The minimum Gasteiger partial charge on any atom is -0.497 e. The predicted octanol–water partition coefficient (Wildman–Crippen LogP) is 1.18. The molecule has 7 heteroatoms. The van der Waals surface area contributed by atoms with Crippen LogP contribution in [-0.2, 0) is 0 Å². The van der Waals surface area contributed by atoms with E-state index in [0.29, 0.717) is 22.2 Å². The third-order valence-corrected chi connectivity index (χ3v) is 3.11. The summed E-state index contributed by atoms with van der Waals surface area (Å²) in [6, 6.07) is 13.4. The minimum atomic E-state index is -0.481. The van der Waals surface area contributed by atoms with Gasteiger partial charge in [0.15, 0.2) is 0 Å². The second-order valence-corrected chi connectivity index (χ2v) is 4.50. The van der Waals surface area contributed by atoms with Gasteiger partial charge in [0.25, 0.3) is 11.5 Å². The molecular formula is C15H12N4O3. The number of rotatable bonds is 3. The van der Waals surface area contributed by atoms with E-state index in [4.69, 9.17) is 4.74 Å². The molecule has 22 heavy (non-hydrogen) atoms. The standard InChI is InChI=1S/C15H12N4O3/c1-22-11-6-4-5-10(9-11)14(20)17-19-15(21)12-7-2-3-8-13(12)16-18-19/h2-9H,1H3,(H,17,20). The lowest BCUT2D eigenvalue weighted by Crippen LogP contribution is -2.35. The van der Waals surface area contributed by atoms with Gasteiger partial charge in [-0.15, -0.1) is 9.89 Å². The van der Waals surface area contributed by atoms with E-state index in [2.05, 4.69) is 15.7 Å². The Bertz CT molecular complexity index is 904. The van der Waals surface area contributed by atoms with E-state index in [-0.39, 0.29) is 0 Å². The topological polar surface area (TPSA) is 86.1 Å². The molecule has 3 aromatic rings. The minimum absolute atomic E-state index is 0.348. The molecule has 0 bridgehead atoms. The number of nitrogens with one attached hydrogen (secondary N) is 1. The molecule has 110 valence electrons. The van der Waals surface area contributed by atoms with Crippen molar-refractivity contribution in [2.45, 2.75) is 0 Å². The first-order valence-corrected chi connectivity index (χ1v) is 6.49. The van der Waals surface area contributed by atoms with Gasteiger partial charge in [-0.1, -0.05) is 18.2 Å². The maximum Gasteiger partial charge on any atom is 0.297 e. The number of nitrogens with zero attached hydrogens (tertiary/aromatic N) is 3. The number of ether oxygens (including phenoxy) is 1. The van der Waals surface area contributed by atoms with E-state index in [9.17, 15) is 9.59 Å². The molecule has 0 aliphatic carbocycles.